The van der Waals surface area contributed by atoms with E-state index in [-0.39, 0.29) is 0 Å². The molecule has 1 aromatic carbocycles. The number of nitrogens with one attached hydrogen (secondary N) is 1. The molecule has 0 amide bonds. The second-order valence-corrected chi connectivity index (χ2v) is 7.97. The zero-order valence-corrected chi connectivity index (χ0v) is 18.0. The quantitative estimate of drug-likeness (QED) is 0.514. The van der Waals surface area contributed by atoms with Gasteiger partial charge >= 0.3 is 0 Å². The van der Waals surface area contributed by atoms with Crippen molar-refractivity contribution in [1.29, 1.82) is 0 Å². The summed E-state index contributed by atoms with van der Waals surface area (Å²) in [4.78, 5) is 16.0. The van der Waals surface area contributed by atoms with E-state index in [4.69, 9.17) is 9.41 Å². The fourth-order valence-electron chi connectivity index (χ4n) is 3.89. The first kappa shape index (κ1) is 20.2. The first-order chi connectivity index (χ1) is 14.6. The van der Waals surface area contributed by atoms with Gasteiger partial charge in [0.2, 0.25) is 5.89 Å². The molecule has 30 heavy (non-hydrogen) atoms. The molecular formula is C23H30N6O. The molecule has 1 aliphatic heterocycles. The Hall–Kier alpha value is -3.09. The Kier molecular flexibility index (Phi) is 6.16. The van der Waals surface area contributed by atoms with Crippen LogP contribution in [0.3, 0.4) is 0 Å². The maximum atomic E-state index is 5.68. The number of oxazole rings is 1. The number of hydrogen-bond donors (Lipinski definition) is 1. The predicted octanol–water partition coefficient (Wildman–Crippen LogP) is 3.90. The molecule has 158 valence electrons. The van der Waals surface area contributed by atoms with Crippen LogP contribution in [0.25, 0.3) is 11.5 Å². The third-order valence-electron chi connectivity index (χ3n) is 5.70. The first-order valence-corrected chi connectivity index (χ1v) is 10.7. The van der Waals surface area contributed by atoms with Gasteiger partial charge < -0.3 is 19.2 Å². The van der Waals surface area contributed by atoms with Crippen molar-refractivity contribution >= 4 is 5.96 Å². The van der Waals surface area contributed by atoms with Crippen LogP contribution in [0.1, 0.15) is 37.6 Å². The fourth-order valence-corrected chi connectivity index (χ4v) is 3.89. The molecule has 0 radical (unpaired) electrons. The monoisotopic (exact) mass is 406 g/mol. The Morgan fingerprint density at radius 2 is 2.13 bits per heavy atom. The Morgan fingerprint density at radius 3 is 2.87 bits per heavy atom. The van der Waals surface area contributed by atoms with E-state index in [1.807, 2.05) is 24.7 Å². The van der Waals surface area contributed by atoms with E-state index in [1.165, 1.54) is 5.56 Å². The smallest absolute Gasteiger partial charge is 0.226 e. The van der Waals surface area contributed by atoms with E-state index < -0.39 is 0 Å². The number of likely N-dealkylation sites (tertiary alicyclic amines) is 1. The minimum atomic E-state index is 0.394. The summed E-state index contributed by atoms with van der Waals surface area (Å²) in [7, 11) is 0. The molecule has 7 heteroatoms. The third-order valence-corrected chi connectivity index (χ3v) is 5.70. The first-order valence-electron chi connectivity index (χ1n) is 10.7. The molecule has 0 bridgehead atoms. The molecule has 0 saturated carbocycles. The maximum Gasteiger partial charge on any atom is 0.226 e. The van der Waals surface area contributed by atoms with Gasteiger partial charge in [-0.2, -0.15) is 0 Å². The van der Waals surface area contributed by atoms with Crippen LogP contribution in [0.4, 0.5) is 0 Å². The van der Waals surface area contributed by atoms with Crippen LogP contribution in [-0.4, -0.2) is 45.0 Å². The Balaban J connectivity index is 1.47. The molecule has 7 nitrogen and oxygen atoms in total. The topological polar surface area (TPSA) is 71.5 Å². The number of hydrogen-bond acceptors (Lipinski definition) is 4. The summed E-state index contributed by atoms with van der Waals surface area (Å²) in [5.74, 6) is 2.16. The van der Waals surface area contributed by atoms with Gasteiger partial charge in [-0.3, -0.25) is 0 Å². The van der Waals surface area contributed by atoms with Gasteiger partial charge in [-0.1, -0.05) is 24.6 Å². The van der Waals surface area contributed by atoms with Crippen molar-refractivity contribution in [2.24, 2.45) is 10.9 Å². The fraction of sp³-hybridized carbons (Fsp3) is 0.435. The lowest BCUT2D eigenvalue weighted by Crippen LogP contribution is -2.49. The molecule has 1 aliphatic rings. The highest BCUT2D eigenvalue weighted by atomic mass is 16.3. The second kappa shape index (κ2) is 9.15. The summed E-state index contributed by atoms with van der Waals surface area (Å²) in [5.41, 5.74) is 3.03. The van der Waals surface area contributed by atoms with Crippen LogP contribution in [0.5, 0.6) is 0 Å². The lowest BCUT2D eigenvalue weighted by atomic mass is 9.93. The highest BCUT2D eigenvalue weighted by Gasteiger charge is 2.28. The molecule has 1 fully saturated rings. The van der Waals surface area contributed by atoms with Crippen LogP contribution in [0, 0.1) is 12.8 Å². The zero-order chi connectivity index (χ0) is 20.9. The molecule has 3 heterocycles. The van der Waals surface area contributed by atoms with Gasteiger partial charge in [0.25, 0.3) is 0 Å². The highest BCUT2D eigenvalue weighted by molar-refractivity contribution is 5.80. The van der Waals surface area contributed by atoms with Crippen molar-refractivity contribution in [3.63, 3.8) is 0 Å². The molecule has 2 unspecified atom stereocenters. The van der Waals surface area contributed by atoms with Crippen LogP contribution >= 0.6 is 0 Å². The van der Waals surface area contributed by atoms with Gasteiger partial charge in [-0.15, -0.1) is 0 Å². The Labute approximate surface area is 177 Å². The number of rotatable bonds is 5. The lowest BCUT2D eigenvalue weighted by molar-refractivity contribution is 0.189. The third kappa shape index (κ3) is 4.56. The number of benzene rings is 1. The lowest BCUT2D eigenvalue weighted by Gasteiger charge is -2.39. The number of aliphatic imine (C=N–C) groups is 1. The number of nitrogens with zero attached hydrogens (tertiary/aromatic N) is 5. The normalized spacial score (nSPS) is 19.8. The maximum absolute atomic E-state index is 5.68. The van der Waals surface area contributed by atoms with Gasteiger partial charge in [-0.05, 0) is 38.3 Å². The van der Waals surface area contributed by atoms with Crippen molar-refractivity contribution in [3.8, 4) is 11.5 Å². The SMILES string of the molecule is CCNC(=NCc1coc(-c2ccc(C)cc2)n1)N1CCC(C)C(n2ccnc2)C1. The van der Waals surface area contributed by atoms with Gasteiger partial charge in [0.1, 0.15) is 12.0 Å². The van der Waals surface area contributed by atoms with Gasteiger partial charge in [-0.25, -0.2) is 15.0 Å². The molecule has 2 atom stereocenters. The largest absolute Gasteiger partial charge is 0.444 e. The van der Waals surface area contributed by atoms with Crippen molar-refractivity contribution in [1.82, 2.24) is 24.8 Å². The van der Waals surface area contributed by atoms with E-state index in [1.54, 1.807) is 6.26 Å². The highest BCUT2D eigenvalue weighted by Crippen LogP contribution is 2.27. The van der Waals surface area contributed by atoms with E-state index in [2.05, 4.69) is 63.9 Å². The number of aromatic nitrogens is 3. The second-order valence-electron chi connectivity index (χ2n) is 7.97. The van der Waals surface area contributed by atoms with Gasteiger partial charge in [0.15, 0.2) is 5.96 Å². The summed E-state index contributed by atoms with van der Waals surface area (Å²) >= 11 is 0. The molecule has 4 rings (SSSR count). The van der Waals surface area contributed by atoms with Gasteiger partial charge in [0, 0.05) is 37.6 Å². The standard InChI is InChI=1S/C23H30N6O/c1-4-25-23(28-11-9-18(3)21(14-28)29-12-10-24-16-29)26-13-20-15-30-22(27-20)19-7-5-17(2)6-8-19/h5-8,10,12,15-16,18,21H,4,9,11,13-14H2,1-3H3,(H,25,26). The summed E-state index contributed by atoms with van der Waals surface area (Å²) in [6.45, 7) is 9.70. The zero-order valence-electron chi connectivity index (χ0n) is 18.0. The van der Waals surface area contributed by atoms with Crippen molar-refractivity contribution in [3.05, 3.63) is 60.5 Å². The molecule has 1 N–H and O–H groups in total. The number of imidazole rings is 1. The average molecular weight is 407 g/mol. The molecule has 1 saturated heterocycles. The average Bonchev–Trinajstić information content (AvgIpc) is 3.45. The number of guanidine groups is 1. The van der Waals surface area contributed by atoms with Crippen LogP contribution < -0.4 is 5.32 Å². The van der Waals surface area contributed by atoms with E-state index in [0.717, 1.165) is 43.3 Å². The molecule has 0 spiro atoms. The molecule has 3 aromatic rings. The molecule has 2 aromatic heterocycles. The van der Waals surface area contributed by atoms with Crippen molar-refractivity contribution < 1.29 is 4.42 Å². The summed E-state index contributed by atoms with van der Waals surface area (Å²) in [6, 6.07) is 8.58. The summed E-state index contributed by atoms with van der Waals surface area (Å²) in [5, 5.41) is 3.44. The molecular weight excluding hydrogens is 376 g/mol. The van der Waals surface area contributed by atoms with Crippen LogP contribution in [-0.2, 0) is 6.54 Å². The molecule has 0 aliphatic carbocycles. The number of aryl methyl sites for hydroxylation is 1. The Morgan fingerprint density at radius 1 is 1.30 bits per heavy atom. The van der Waals surface area contributed by atoms with Crippen LogP contribution in [0.2, 0.25) is 0 Å². The minimum absolute atomic E-state index is 0.394. The Bertz CT molecular complexity index is 960. The van der Waals surface area contributed by atoms with E-state index in [0.29, 0.717) is 24.4 Å². The van der Waals surface area contributed by atoms with Crippen LogP contribution in [0.15, 0.2) is 58.7 Å². The summed E-state index contributed by atoms with van der Waals surface area (Å²) < 4.78 is 7.90. The minimum Gasteiger partial charge on any atom is -0.444 e. The van der Waals surface area contributed by atoms with E-state index in [9.17, 15) is 0 Å². The summed E-state index contributed by atoms with van der Waals surface area (Å²) in [6.07, 6.45) is 8.64. The van der Waals surface area contributed by atoms with Crippen molar-refractivity contribution in [2.75, 3.05) is 19.6 Å². The van der Waals surface area contributed by atoms with Crippen molar-refractivity contribution in [2.45, 2.75) is 39.8 Å². The van der Waals surface area contributed by atoms with E-state index >= 15 is 0 Å². The van der Waals surface area contributed by atoms with Gasteiger partial charge in [0.05, 0.1) is 18.9 Å². The predicted molar refractivity (Wildman–Crippen MR) is 118 cm³/mol. The number of piperidine rings is 1.